The number of fused-ring (bicyclic) bond motifs is 1. The van der Waals surface area contributed by atoms with E-state index in [4.69, 9.17) is 9.16 Å². The summed E-state index contributed by atoms with van der Waals surface area (Å²) >= 11 is 0. The highest BCUT2D eigenvalue weighted by Gasteiger charge is 2.51. The average molecular weight is 573 g/mol. The molecule has 1 fully saturated rings. The largest absolute Gasteiger partial charge is 0.444 e. The van der Waals surface area contributed by atoms with Crippen LogP contribution in [0.1, 0.15) is 99.0 Å². The SMILES string of the molecule is CCCCC[C@H]1CC=C2[C@@H](CC[C@@H](CO[Si](C(C)C)(C(C)C)C(C)C)N2C(=O)OCc2ccccc2)[C@@H]1[N+](=O)[O-]. The molecule has 4 atom stereocenters. The molecule has 0 spiro atoms. The van der Waals surface area contributed by atoms with E-state index < -0.39 is 20.5 Å². The number of piperidine rings is 1. The van der Waals surface area contributed by atoms with Crippen LogP contribution in [0.2, 0.25) is 16.6 Å². The number of nitro groups is 1. The fraction of sp³-hybridized carbons (Fsp3) is 0.719. The molecular formula is C32H52N2O5Si. The van der Waals surface area contributed by atoms with E-state index in [1.54, 1.807) is 4.90 Å². The van der Waals surface area contributed by atoms with Crippen LogP contribution in [0.25, 0.3) is 0 Å². The Labute approximate surface area is 243 Å². The minimum atomic E-state index is -2.16. The summed E-state index contributed by atoms with van der Waals surface area (Å²) in [6.07, 6.45) is 7.72. The number of ether oxygens (including phenoxy) is 1. The van der Waals surface area contributed by atoms with Crippen LogP contribution >= 0.6 is 0 Å². The minimum absolute atomic E-state index is 0.00756. The molecular weight excluding hydrogens is 520 g/mol. The predicted molar refractivity (Wildman–Crippen MR) is 163 cm³/mol. The van der Waals surface area contributed by atoms with Crippen LogP contribution in [0.15, 0.2) is 42.1 Å². The Bertz CT molecular complexity index is 975. The van der Waals surface area contributed by atoms with Gasteiger partial charge in [0.15, 0.2) is 8.32 Å². The summed E-state index contributed by atoms with van der Waals surface area (Å²) in [7, 11) is -2.16. The van der Waals surface area contributed by atoms with Crippen molar-refractivity contribution >= 4 is 14.4 Å². The molecule has 0 saturated carbocycles. The number of likely N-dealkylation sites (tertiary alicyclic amines) is 1. The molecule has 3 rings (SSSR count). The van der Waals surface area contributed by atoms with Gasteiger partial charge in [-0.2, -0.15) is 0 Å². The molecule has 0 aromatic heterocycles. The van der Waals surface area contributed by atoms with Crippen molar-refractivity contribution in [3.8, 4) is 0 Å². The lowest BCUT2D eigenvalue weighted by Crippen LogP contribution is -2.56. The van der Waals surface area contributed by atoms with E-state index in [9.17, 15) is 14.9 Å². The summed E-state index contributed by atoms with van der Waals surface area (Å²) in [6, 6.07) is 8.79. The Hall–Kier alpha value is -2.19. The van der Waals surface area contributed by atoms with Gasteiger partial charge in [-0.25, -0.2) is 4.79 Å². The fourth-order valence-corrected chi connectivity index (χ4v) is 13.1. The van der Waals surface area contributed by atoms with E-state index in [1.807, 2.05) is 30.3 Å². The summed E-state index contributed by atoms with van der Waals surface area (Å²) in [5.74, 6) is -0.272. The van der Waals surface area contributed by atoms with Crippen LogP contribution in [-0.4, -0.2) is 42.9 Å². The van der Waals surface area contributed by atoms with Gasteiger partial charge >= 0.3 is 6.09 Å². The average Bonchev–Trinajstić information content (AvgIpc) is 2.91. The molecule has 1 aliphatic carbocycles. The molecule has 8 heteroatoms. The third kappa shape index (κ3) is 7.17. The summed E-state index contributed by atoms with van der Waals surface area (Å²) in [5, 5.41) is 12.4. The molecule has 2 aliphatic rings. The van der Waals surface area contributed by atoms with Crippen molar-refractivity contribution in [2.24, 2.45) is 11.8 Å². The van der Waals surface area contributed by atoms with E-state index >= 15 is 0 Å². The van der Waals surface area contributed by atoms with Crippen LogP contribution in [0.3, 0.4) is 0 Å². The zero-order valence-electron chi connectivity index (χ0n) is 25.8. The molecule has 0 unspecified atom stereocenters. The van der Waals surface area contributed by atoms with Gasteiger partial charge in [0, 0.05) is 16.5 Å². The van der Waals surface area contributed by atoms with Crippen LogP contribution < -0.4 is 0 Å². The highest BCUT2D eigenvalue weighted by Crippen LogP contribution is 2.45. The molecule has 1 aromatic rings. The number of carbonyl (C=O) groups excluding carboxylic acids is 1. The molecule has 1 aromatic carbocycles. The summed E-state index contributed by atoms with van der Waals surface area (Å²) in [6.45, 7) is 16.3. The van der Waals surface area contributed by atoms with Crippen LogP contribution in [-0.2, 0) is 15.8 Å². The highest BCUT2D eigenvalue weighted by molar-refractivity contribution is 6.77. The monoisotopic (exact) mass is 572 g/mol. The van der Waals surface area contributed by atoms with Crippen molar-refractivity contribution < 1.29 is 18.9 Å². The van der Waals surface area contributed by atoms with E-state index in [2.05, 4.69) is 54.5 Å². The second kappa shape index (κ2) is 14.6. The zero-order chi connectivity index (χ0) is 29.4. The molecule has 224 valence electrons. The van der Waals surface area contributed by atoms with Gasteiger partial charge < -0.3 is 9.16 Å². The lowest BCUT2D eigenvalue weighted by molar-refractivity contribution is -0.542. The molecule has 0 bridgehead atoms. The highest BCUT2D eigenvalue weighted by atomic mass is 28.4. The Morgan fingerprint density at radius 2 is 1.70 bits per heavy atom. The number of amides is 1. The summed E-state index contributed by atoms with van der Waals surface area (Å²) in [5.41, 5.74) is 2.98. The molecule has 1 amide bonds. The molecule has 1 heterocycles. The number of allylic oxidation sites excluding steroid dienone is 1. The lowest BCUT2D eigenvalue weighted by atomic mass is 9.72. The van der Waals surface area contributed by atoms with Gasteiger partial charge in [-0.05, 0) is 47.9 Å². The maximum absolute atomic E-state index is 13.8. The van der Waals surface area contributed by atoms with Crippen LogP contribution in [0, 0.1) is 22.0 Å². The van der Waals surface area contributed by atoms with Gasteiger partial charge in [0.1, 0.15) is 6.61 Å². The molecule has 1 saturated heterocycles. The van der Waals surface area contributed by atoms with Crippen molar-refractivity contribution in [3.05, 3.63) is 57.8 Å². The standard InChI is InChI=1S/C32H52N2O5Si/c1-8-9-11-16-27-17-20-30-29(31(27)34(36)37)19-18-28(22-39-40(23(2)3,24(4)5)25(6)7)33(30)32(35)38-21-26-14-12-10-13-15-26/h10,12-15,20,23-25,27-29,31H,8-9,11,16-19,21-22H2,1-7H3/t27-,28-,29+,31+/m0/s1. The number of unbranched alkanes of at least 4 members (excludes halogenated alkanes) is 2. The topological polar surface area (TPSA) is 81.9 Å². The van der Waals surface area contributed by atoms with Crippen LogP contribution in [0.5, 0.6) is 0 Å². The Balaban J connectivity index is 1.91. The quantitative estimate of drug-likeness (QED) is 0.102. The Morgan fingerprint density at radius 3 is 2.27 bits per heavy atom. The van der Waals surface area contributed by atoms with E-state index in [0.29, 0.717) is 42.5 Å². The first kappa shape index (κ1) is 32.3. The Kier molecular flexibility index (Phi) is 11.8. The first-order valence-corrected chi connectivity index (χ1v) is 17.7. The summed E-state index contributed by atoms with van der Waals surface area (Å²) in [4.78, 5) is 27.9. The molecule has 7 nitrogen and oxygen atoms in total. The third-order valence-corrected chi connectivity index (χ3v) is 15.5. The van der Waals surface area contributed by atoms with Crippen molar-refractivity contribution in [1.29, 1.82) is 0 Å². The normalized spacial score (nSPS) is 23.4. The predicted octanol–water partition coefficient (Wildman–Crippen LogP) is 8.73. The van der Waals surface area contributed by atoms with E-state index in [1.165, 1.54) is 0 Å². The second-order valence-electron chi connectivity index (χ2n) is 12.8. The molecule has 1 aliphatic heterocycles. The van der Waals surface area contributed by atoms with E-state index in [0.717, 1.165) is 36.9 Å². The second-order valence-corrected chi connectivity index (χ2v) is 18.2. The van der Waals surface area contributed by atoms with Gasteiger partial charge in [0.25, 0.3) is 0 Å². The van der Waals surface area contributed by atoms with Gasteiger partial charge in [0.2, 0.25) is 6.04 Å². The maximum Gasteiger partial charge on any atom is 0.414 e. The molecule has 40 heavy (non-hydrogen) atoms. The minimum Gasteiger partial charge on any atom is -0.444 e. The number of hydrogen-bond donors (Lipinski definition) is 0. The number of carbonyl (C=O) groups is 1. The van der Waals surface area contributed by atoms with Gasteiger partial charge in [-0.1, -0.05) is 104 Å². The van der Waals surface area contributed by atoms with Crippen LogP contribution in [0.4, 0.5) is 4.79 Å². The van der Waals surface area contributed by atoms with Crippen molar-refractivity contribution in [3.63, 3.8) is 0 Å². The molecule has 0 N–H and O–H groups in total. The first-order chi connectivity index (χ1) is 19.0. The fourth-order valence-electron chi connectivity index (χ4n) is 7.58. The number of nitrogens with zero attached hydrogens (tertiary/aromatic N) is 2. The number of hydrogen-bond acceptors (Lipinski definition) is 5. The zero-order valence-corrected chi connectivity index (χ0v) is 26.8. The van der Waals surface area contributed by atoms with E-state index in [-0.39, 0.29) is 29.4 Å². The maximum atomic E-state index is 13.8. The van der Waals surface area contributed by atoms with Gasteiger partial charge in [0.05, 0.1) is 18.6 Å². The van der Waals surface area contributed by atoms with Gasteiger partial charge in [-0.15, -0.1) is 0 Å². The Morgan fingerprint density at radius 1 is 1.05 bits per heavy atom. The molecule has 0 radical (unpaired) electrons. The summed E-state index contributed by atoms with van der Waals surface area (Å²) < 4.78 is 12.8. The first-order valence-electron chi connectivity index (χ1n) is 15.5. The smallest absolute Gasteiger partial charge is 0.414 e. The number of benzene rings is 1. The van der Waals surface area contributed by atoms with Gasteiger partial charge in [-0.3, -0.25) is 15.0 Å². The third-order valence-electron chi connectivity index (χ3n) is 9.42. The van der Waals surface area contributed by atoms with Crippen molar-refractivity contribution in [2.45, 2.75) is 129 Å². The van der Waals surface area contributed by atoms with Crippen molar-refractivity contribution in [2.75, 3.05) is 6.61 Å². The lowest BCUT2D eigenvalue weighted by Gasteiger charge is -2.47. The van der Waals surface area contributed by atoms with Crippen molar-refractivity contribution in [1.82, 2.24) is 4.90 Å². The number of rotatable bonds is 13.